The summed E-state index contributed by atoms with van der Waals surface area (Å²) in [5.74, 6) is 0.717. The second-order valence-corrected chi connectivity index (χ2v) is 5.43. The monoisotopic (exact) mass is 369 g/mol. The molecule has 2 nitrogen and oxygen atoms in total. The minimum Gasteiger partial charge on any atom is -0.488 e. The van der Waals surface area contributed by atoms with Crippen molar-refractivity contribution >= 4 is 39.1 Å². The van der Waals surface area contributed by atoms with Crippen LogP contribution in [0.4, 0.5) is 0 Å². The molecule has 0 aliphatic carbocycles. The van der Waals surface area contributed by atoms with Crippen LogP contribution in [0.2, 0.25) is 10.0 Å². The maximum Gasteiger partial charge on any atom is 0.125 e. The van der Waals surface area contributed by atoms with Gasteiger partial charge in [0.2, 0.25) is 0 Å². The maximum atomic E-state index is 8.80. The summed E-state index contributed by atoms with van der Waals surface area (Å²) in [4.78, 5) is 0. The van der Waals surface area contributed by atoms with Gasteiger partial charge in [0.15, 0.2) is 0 Å². The van der Waals surface area contributed by atoms with Gasteiger partial charge in [-0.1, -0.05) is 51.3 Å². The minimum absolute atomic E-state index is 0.324. The van der Waals surface area contributed by atoms with Crippen LogP contribution in [0, 0.1) is 11.3 Å². The molecule has 0 aliphatic rings. The number of hydrogen-bond acceptors (Lipinski definition) is 2. The van der Waals surface area contributed by atoms with Crippen molar-refractivity contribution < 1.29 is 4.74 Å². The van der Waals surface area contributed by atoms with Crippen molar-refractivity contribution in [1.82, 2.24) is 0 Å². The Morgan fingerprint density at radius 1 is 1.15 bits per heavy atom. The highest BCUT2D eigenvalue weighted by Gasteiger charge is 2.08. The normalized spacial score (nSPS) is 10.1. The molecule has 2 aromatic carbocycles. The molecule has 5 heteroatoms. The third kappa shape index (κ3) is 3.46. The molecule has 0 saturated carbocycles. The summed E-state index contributed by atoms with van der Waals surface area (Å²) in [5, 5.41) is 10.6. The smallest absolute Gasteiger partial charge is 0.125 e. The molecular weight excluding hydrogens is 361 g/mol. The lowest BCUT2D eigenvalue weighted by Crippen LogP contribution is -1.99. The first-order valence-corrected chi connectivity index (χ1v) is 7.68. The van der Waals surface area contributed by atoms with Gasteiger partial charge in [0.1, 0.15) is 12.4 Å². The van der Waals surface area contributed by atoms with E-state index in [1.165, 1.54) is 0 Å². The van der Waals surface area contributed by atoms with Crippen LogP contribution in [-0.2, 0) is 11.9 Å². The van der Waals surface area contributed by atoms with Gasteiger partial charge in [-0.3, -0.25) is 0 Å². The molecule has 102 valence electrons. The van der Waals surface area contributed by atoms with Crippen molar-refractivity contribution in [1.29, 1.82) is 5.26 Å². The second-order valence-electron chi connectivity index (χ2n) is 4.06. The number of hydrogen-bond donors (Lipinski definition) is 0. The molecule has 0 bridgehead atoms. The molecule has 0 unspecified atom stereocenters. The van der Waals surface area contributed by atoms with Crippen LogP contribution in [0.1, 0.15) is 16.7 Å². The first kappa shape index (κ1) is 15.2. The molecule has 0 aromatic heterocycles. The van der Waals surface area contributed by atoms with Crippen molar-refractivity contribution in [3.63, 3.8) is 0 Å². The number of nitriles is 1. The van der Waals surface area contributed by atoms with Crippen LogP contribution >= 0.6 is 39.1 Å². The second kappa shape index (κ2) is 6.99. The third-order valence-electron chi connectivity index (χ3n) is 2.77. The predicted octanol–water partition coefficient (Wildman–Crippen LogP) is 5.34. The summed E-state index contributed by atoms with van der Waals surface area (Å²) in [6.45, 7) is 0.324. The molecule has 2 aromatic rings. The van der Waals surface area contributed by atoms with E-state index in [9.17, 15) is 0 Å². The molecule has 0 saturated heterocycles. The maximum absolute atomic E-state index is 8.80. The van der Waals surface area contributed by atoms with Crippen molar-refractivity contribution in [2.24, 2.45) is 0 Å². The quantitative estimate of drug-likeness (QED) is 0.680. The van der Waals surface area contributed by atoms with Crippen molar-refractivity contribution in [2.75, 3.05) is 0 Å². The lowest BCUT2D eigenvalue weighted by molar-refractivity contribution is 0.304. The lowest BCUT2D eigenvalue weighted by Gasteiger charge is -2.12. The van der Waals surface area contributed by atoms with Gasteiger partial charge in [-0.25, -0.2) is 0 Å². The molecule has 0 atom stereocenters. The summed E-state index contributed by atoms with van der Waals surface area (Å²) in [6, 6.07) is 12.7. The Balaban J connectivity index is 2.17. The summed E-state index contributed by atoms with van der Waals surface area (Å²) in [5.41, 5.74) is 2.26. The van der Waals surface area contributed by atoms with E-state index in [1.807, 2.05) is 24.3 Å². The standard InChI is InChI=1S/C15H10BrCl2NO/c16-7-12-13(17)2-1-3-15(12)20-9-11-5-4-10(8-19)6-14(11)18/h1-6H,7,9H2. The van der Waals surface area contributed by atoms with Crippen LogP contribution in [-0.4, -0.2) is 0 Å². The third-order valence-corrected chi connectivity index (χ3v) is 4.04. The number of rotatable bonds is 4. The predicted molar refractivity (Wildman–Crippen MR) is 84.6 cm³/mol. The Labute approximate surface area is 136 Å². The number of nitrogens with zero attached hydrogens (tertiary/aromatic N) is 1. The van der Waals surface area contributed by atoms with Crippen molar-refractivity contribution in [3.05, 3.63) is 63.1 Å². The summed E-state index contributed by atoms with van der Waals surface area (Å²) >= 11 is 15.6. The van der Waals surface area contributed by atoms with E-state index in [-0.39, 0.29) is 0 Å². The molecule has 0 aliphatic heterocycles. The van der Waals surface area contributed by atoms with E-state index in [0.717, 1.165) is 16.9 Å². The summed E-state index contributed by atoms with van der Waals surface area (Å²) < 4.78 is 5.77. The molecule has 0 spiro atoms. The number of benzene rings is 2. The molecular formula is C15H10BrCl2NO. The fourth-order valence-electron chi connectivity index (χ4n) is 1.69. The average Bonchev–Trinajstić information content (AvgIpc) is 2.46. The Morgan fingerprint density at radius 2 is 1.95 bits per heavy atom. The average molecular weight is 371 g/mol. The van der Waals surface area contributed by atoms with E-state index in [4.69, 9.17) is 33.2 Å². The number of alkyl halides is 1. The molecule has 0 N–H and O–H groups in total. The van der Waals surface area contributed by atoms with Crippen LogP contribution in [0.15, 0.2) is 36.4 Å². The molecule has 0 radical (unpaired) electrons. The zero-order valence-electron chi connectivity index (χ0n) is 10.4. The van der Waals surface area contributed by atoms with E-state index >= 15 is 0 Å². The lowest BCUT2D eigenvalue weighted by atomic mass is 10.1. The van der Waals surface area contributed by atoms with Gasteiger partial charge in [-0.2, -0.15) is 5.26 Å². The highest BCUT2D eigenvalue weighted by atomic mass is 79.9. The zero-order chi connectivity index (χ0) is 14.5. The van der Waals surface area contributed by atoms with E-state index in [2.05, 4.69) is 15.9 Å². The zero-order valence-corrected chi connectivity index (χ0v) is 13.5. The van der Waals surface area contributed by atoms with Gasteiger partial charge >= 0.3 is 0 Å². The van der Waals surface area contributed by atoms with Crippen LogP contribution < -0.4 is 4.74 Å². The van der Waals surface area contributed by atoms with Gasteiger partial charge in [0.05, 0.1) is 11.6 Å². The minimum atomic E-state index is 0.324. The highest BCUT2D eigenvalue weighted by Crippen LogP contribution is 2.29. The molecule has 2 rings (SSSR count). The summed E-state index contributed by atoms with van der Waals surface area (Å²) in [6.07, 6.45) is 0. The van der Waals surface area contributed by atoms with Gasteiger partial charge in [0.25, 0.3) is 0 Å². The fraction of sp³-hybridized carbons (Fsp3) is 0.133. The Bertz CT molecular complexity index is 667. The van der Waals surface area contributed by atoms with Crippen LogP contribution in [0.25, 0.3) is 0 Å². The Morgan fingerprint density at radius 3 is 2.60 bits per heavy atom. The van der Waals surface area contributed by atoms with Crippen molar-refractivity contribution in [2.45, 2.75) is 11.9 Å². The molecule has 0 heterocycles. The Kier molecular flexibility index (Phi) is 5.31. The largest absolute Gasteiger partial charge is 0.488 e. The molecule has 0 fully saturated rings. The van der Waals surface area contributed by atoms with Crippen molar-refractivity contribution in [3.8, 4) is 11.8 Å². The van der Waals surface area contributed by atoms with E-state index in [1.54, 1.807) is 18.2 Å². The SMILES string of the molecule is N#Cc1ccc(COc2cccc(Cl)c2CBr)c(Cl)c1. The number of halogens is 3. The van der Waals surface area contributed by atoms with Gasteiger partial charge < -0.3 is 4.74 Å². The molecule has 20 heavy (non-hydrogen) atoms. The first-order valence-electron chi connectivity index (χ1n) is 5.80. The van der Waals surface area contributed by atoms with Crippen LogP contribution in [0.3, 0.4) is 0 Å². The topological polar surface area (TPSA) is 33.0 Å². The van der Waals surface area contributed by atoms with Crippen LogP contribution in [0.5, 0.6) is 5.75 Å². The summed E-state index contributed by atoms with van der Waals surface area (Å²) in [7, 11) is 0. The Hall–Kier alpha value is -1.21. The highest BCUT2D eigenvalue weighted by molar-refractivity contribution is 9.08. The van der Waals surface area contributed by atoms with Gasteiger partial charge in [-0.05, 0) is 24.3 Å². The fourth-order valence-corrected chi connectivity index (χ4v) is 2.90. The molecule has 0 amide bonds. The van der Waals surface area contributed by atoms with E-state index < -0.39 is 0 Å². The first-order chi connectivity index (χ1) is 9.65. The van der Waals surface area contributed by atoms with Gasteiger partial charge in [0, 0.05) is 26.5 Å². The van der Waals surface area contributed by atoms with E-state index in [0.29, 0.717) is 27.5 Å². The van der Waals surface area contributed by atoms with Gasteiger partial charge in [-0.15, -0.1) is 0 Å². The number of ether oxygens (including phenoxy) is 1.